The summed E-state index contributed by atoms with van der Waals surface area (Å²) in [6.07, 6.45) is 1.83. The number of amides is 1. The van der Waals surface area contributed by atoms with Gasteiger partial charge in [-0.1, -0.05) is 44.2 Å². The smallest absolute Gasteiger partial charge is 0.387 e. The third-order valence-electron chi connectivity index (χ3n) is 4.21. The largest absolute Gasteiger partial charge is 0.493 e. The minimum Gasteiger partial charge on any atom is -0.493 e. The lowest BCUT2D eigenvalue weighted by Gasteiger charge is -2.12. The van der Waals surface area contributed by atoms with Gasteiger partial charge in [-0.3, -0.25) is 4.79 Å². The summed E-state index contributed by atoms with van der Waals surface area (Å²) in [4.78, 5) is 12.1. The molecule has 0 bridgehead atoms. The van der Waals surface area contributed by atoms with E-state index >= 15 is 0 Å². The molecule has 0 heterocycles. The predicted molar refractivity (Wildman–Crippen MR) is 105 cm³/mol. The van der Waals surface area contributed by atoms with Gasteiger partial charge in [-0.2, -0.15) is 8.78 Å². The Labute approximate surface area is 164 Å². The van der Waals surface area contributed by atoms with Crippen molar-refractivity contribution in [3.05, 3.63) is 59.2 Å². The Hall–Kier alpha value is -2.63. The van der Waals surface area contributed by atoms with E-state index in [1.54, 1.807) is 12.1 Å². The van der Waals surface area contributed by atoms with Gasteiger partial charge in [-0.05, 0) is 47.6 Å². The molecule has 1 N–H and O–H groups in total. The lowest BCUT2D eigenvalue weighted by Crippen LogP contribution is -2.27. The fourth-order valence-corrected chi connectivity index (χ4v) is 2.92. The van der Waals surface area contributed by atoms with E-state index in [2.05, 4.69) is 36.0 Å². The maximum absolute atomic E-state index is 12.5. The summed E-state index contributed by atoms with van der Waals surface area (Å²) in [6, 6.07) is 12.9. The lowest BCUT2D eigenvalue weighted by molar-refractivity contribution is -0.120. The molecule has 0 aromatic heterocycles. The first kappa shape index (κ1) is 21.7. The van der Waals surface area contributed by atoms with Gasteiger partial charge in [0.2, 0.25) is 5.91 Å². The molecule has 0 aliphatic rings. The van der Waals surface area contributed by atoms with Gasteiger partial charge in [0, 0.05) is 6.54 Å². The maximum Gasteiger partial charge on any atom is 0.387 e. The number of methoxy groups -OCH3 is 1. The minimum atomic E-state index is -2.92. The van der Waals surface area contributed by atoms with Crippen molar-refractivity contribution >= 4 is 5.91 Å². The molecule has 0 aliphatic carbocycles. The molecule has 0 unspecified atom stereocenters. The summed E-state index contributed by atoms with van der Waals surface area (Å²) in [5, 5.41) is 2.86. The van der Waals surface area contributed by atoms with Crippen molar-refractivity contribution in [3.63, 3.8) is 0 Å². The highest BCUT2D eigenvalue weighted by atomic mass is 19.3. The van der Waals surface area contributed by atoms with Gasteiger partial charge in [-0.15, -0.1) is 0 Å². The molecular formula is C22H27F2NO3. The standard InChI is InChI=1S/C22H27F2NO3/c1-15(2)12-16-4-6-17(7-5-16)14-21(26)25-11-10-18-8-9-19(27-3)20(13-18)28-22(23)24/h4-9,13,15,22H,10-12,14H2,1-3H3,(H,25,26). The van der Waals surface area contributed by atoms with Crippen LogP contribution >= 0.6 is 0 Å². The second kappa shape index (κ2) is 10.6. The van der Waals surface area contributed by atoms with Gasteiger partial charge in [0.1, 0.15) is 0 Å². The Morgan fingerprint density at radius 1 is 1.00 bits per heavy atom. The number of ether oxygens (including phenoxy) is 2. The number of halogens is 2. The SMILES string of the molecule is COc1ccc(CCNC(=O)Cc2ccc(CC(C)C)cc2)cc1OC(F)F. The van der Waals surface area contributed by atoms with Crippen LogP contribution in [0.1, 0.15) is 30.5 Å². The summed E-state index contributed by atoms with van der Waals surface area (Å²) >= 11 is 0. The van der Waals surface area contributed by atoms with Crippen LogP contribution in [-0.4, -0.2) is 26.2 Å². The first-order valence-electron chi connectivity index (χ1n) is 9.33. The molecule has 0 aliphatic heterocycles. The predicted octanol–water partition coefficient (Wildman–Crippen LogP) is 4.40. The second-order valence-electron chi connectivity index (χ2n) is 7.05. The zero-order chi connectivity index (χ0) is 20.5. The molecule has 0 saturated carbocycles. The van der Waals surface area contributed by atoms with Gasteiger partial charge < -0.3 is 14.8 Å². The Morgan fingerprint density at radius 3 is 2.25 bits per heavy atom. The van der Waals surface area contributed by atoms with E-state index in [0.29, 0.717) is 25.3 Å². The van der Waals surface area contributed by atoms with Crippen LogP contribution in [0.15, 0.2) is 42.5 Å². The highest BCUT2D eigenvalue weighted by Gasteiger charge is 2.11. The van der Waals surface area contributed by atoms with E-state index in [9.17, 15) is 13.6 Å². The molecule has 0 radical (unpaired) electrons. The van der Waals surface area contributed by atoms with E-state index in [0.717, 1.165) is 17.5 Å². The molecule has 2 aromatic rings. The van der Waals surface area contributed by atoms with Gasteiger partial charge in [0.15, 0.2) is 11.5 Å². The first-order valence-corrected chi connectivity index (χ1v) is 9.33. The first-order chi connectivity index (χ1) is 13.4. The summed E-state index contributed by atoms with van der Waals surface area (Å²) in [5.74, 6) is 0.754. The maximum atomic E-state index is 12.5. The fourth-order valence-electron chi connectivity index (χ4n) is 2.92. The summed E-state index contributed by atoms with van der Waals surface area (Å²) < 4.78 is 34.5. The van der Waals surface area contributed by atoms with Crippen LogP contribution in [0.3, 0.4) is 0 Å². The Kier molecular flexibility index (Phi) is 8.23. The lowest BCUT2D eigenvalue weighted by atomic mass is 10.0. The van der Waals surface area contributed by atoms with Crippen molar-refractivity contribution in [3.8, 4) is 11.5 Å². The van der Waals surface area contributed by atoms with Gasteiger partial charge in [-0.25, -0.2) is 0 Å². The van der Waals surface area contributed by atoms with Crippen molar-refractivity contribution in [2.24, 2.45) is 5.92 Å². The normalized spacial score (nSPS) is 11.0. The van der Waals surface area contributed by atoms with Crippen LogP contribution < -0.4 is 14.8 Å². The number of hydrogen-bond acceptors (Lipinski definition) is 3. The number of carbonyl (C=O) groups is 1. The van der Waals surface area contributed by atoms with Crippen molar-refractivity contribution in [1.29, 1.82) is 0 Å². The van der Waals surface area contributed by atoms with E-state index in [1.807, 2.05) is 12.1 Å². The van der Waals surface area contributed by atoms with Crippen molar-refractivity contribution < 1.29 is 23.0 Å². The molecule has 28 heavy (non-hydrogen) atoms. The highest BCUT2D eigenvalue weighted by Crippen LogP contribution is 2.29. The highest BCUT2D eigenvalue weighted by molar-refractivity contribution is 5.78. The van der Waals surface area contributed by atoms with Gasteiger partial charge in [0.05, 0.1) is 13.5 Å². The zero-order valence-electron chi connectivity index (χ0n) is 16.5. The Morgan fingerprint density at radius 2 is 1.64 bits per heavy atom. The average Bonchev–Trinajstić information content (AvgIpc) is 2.63. The van der Waals surface area contributed by atoms with Crippen LogP contribution in [-0.2, 0) is 24.1 Å². The third-order valence-corrected chi connectivity index (χ3v) is 4.21. The molecule has 4 nitrogen and oxygen atoms in total. The van der Waals surface area contributed by atoms with Crippen LogP contribution in [0.5, 0.6) is 11.5 Å². The van der Waals surface area contributed by atoms with E-state index < -0.39 is 6.61 Å². The summed E-state index contributed by atoms with van der Waals surface area (Å²) in [7, 11) is 1.39. The number of nitrogens with one attached hydrogen (secondary N) is 1. The number of carbonyl (C=O) groups excluding carboxylic acids is 1. The van der Waals surface area contributed by atoms with Gasteiger partial charge >= 0.3 is 6.61 Å². The van der Waals surface area contributed by atoms with Gasteiger partial charge in [0.25, 0.3) is 0 Å². The molecule has 152 valence electrons. The van der Waals surface area contributed by atoms with Crippen molar-refractivity contribution in [1.82, 2.24) is 5.32 Å². The topological polar surface area (TPSA) is 47.6 Å². The van der Waals surface area contributed by atoms with Crippen LogP contribution in [0.4, 0.5) is 8.78 Å². The summed E-state index contributed by atoms with van der Waals surface area (Å²) in [6.45, 7) is 1.83. The Bertz CT molecular complexity index is 761. The van der Waals surface area contributed by atoms with Crippen molar-refractivity contribution in [2.45, 2.75) is 39.7 Å². The van der Waals surface area contributed by atoms with Crippen LogP contribution in [0.2, 0.25) is 0 Å². The molecule has 2 rings (SSSR count). The zero-order valence-corrected chi connectivity index (χ0v) is 16.5. The van der Waals surface area contributed by atoms with E-state index in [4.69, 9.17) is 4.74 Å². The number of benzene rings is 2. The van der Waals surface area contributed by atoms with Crippen LogP contribution in [0, 0.1) is 5.92 Å². The molecule has 6 heteroatoms. The quantitative estimate of drug-likeness (QED) is 0.653. The van der Waals surface area contributed by atoms with E-state index in [1.165, 1.54) is 18.7 Å². The average molecular weight is 391 g/mol. The second-order valence-corrected chi connectivity index (χ2v) is 7.05. The molecule has 0 fully saturated rings. The molecule has 0 atom stereocenters. The minimum absolute atomic E-state index is 0.0113. The van der Waals surface area contributed by atoms with E-state index in [-0.39, 0.29) is 17.4 Å². The van der Waals surface area contributed by atoms with Crippen LogP contribution in [0.25, 0.3) is 0 Å². The molecule has 1 amide bonds. The third kappa shape index (κ3) is 7.18. The monoisotopic (exact) mass is 391 g/mol. The number of rotatable bonds is 10. The summed E-state index contributed by atoms with van der Waals surface area (Å²) in [5.41, 5.74) is 3.00. The molecule has 0 saturated heterocycles. The number of hydrogen-bond donors (Lipinski definition) is 1. The molecule has 0 spiro atoms. The Balaban J connectivity index is 1.83. The molecule has 2 aromatic carbocycles. The fraction of sp³-hybridized carbons (Fsp3) is 0.409. The number of alkyl halides is 2. The molecular weight excluding hydrogens is 364 g/mol. The van der Waals surface area contributed by atoms with Crippen molar-refractivity contribution in [2.75, 3.05) is 13.7 Å².